The van der Waals surface area contributed by atoms with Crippen LogP contribution in [0.2, 0.25) is 0 Å². The van der Waals surface area contributed by atoms with Crippen LogP contribution >= 0.6 is 0 Å². The van der Waals surface area contributed by atoms with Gasteiger partial charge in [0, 0.05) is 0 Å². The Morgan fingerprint density at radius 2 is 1.76 bits per heavy atom. The summed E-state index contributed by atoms with van der Waals surface area (Å²) in [5, 5.41) is 0.653. The molecule has 1 aromatic carbocycles. The highest BCUT2D eigenvalue weighted by Crippen LogP contribution is 2.38. The average Bonchev–Trinajstić information content (AvgIpc) is 2.74. The lowest BCUT2D eigenvalue weighted by atomic mass is 10.1. The van der Waals surface area contributed by atoms with Gasteiger partial charge in [-0.25, -0.2) is 4.79 Å². The van der Waals surface area contributed by atoms with Crippen molar-refractivity contribution in [3.8, 4) is 17.2 Å². The number of fused-ring (bicyclic) bond motifs is 1. The molecule has 0 atom stereocenters. The van der Waals surface area contributed by atoms with Gasteiger partial charge < -0.3 is 18.6 Å². The normalized spacial score (nSPS) is 12.3. The van der Waals surface area contributed by atoms with Crippen molar-refractivity contribution in [2.24, 2.45) is 0 Å². The summed E-state index contributed by atoms with van der Waals surface area (Å²) in [6.07, 6.45) is 12.0. The molecule has 0 spiro atoms. The first-order valence-corrected chi connectivity index (χ1v) is 12.1. The third-order valence-corrected chi connectivity index (χ3v) is 4.91. The van der Waals surface area contributed by atoms with E-state index < -0.39 is 11.2 Å². The van der Waals surface area contributed by atoms with Crippen LogP contribution in [0.25, 0.3) is 11.0 Å². The first kappa shape index (κ1) is 27.3. The molecule has 0 unspecified atom stereocenters. The maximum atomic E-state index is 13.0. The smallest absolute Gasteiger partial charge is 0.383 e. The zero-order valence-corrected chi connectivity index (χ0v) is 21.8. The van der Waals surface area contributed by atoms with Gasteiger partial charge in [-0.2, -0.15) is 0 Å². The first-order chi connectivity index (χ1) is 16.1. The lowest BCUT2D eigenvalue weighted by Crippen LogP contribution is -2.23. The Balaban J connectivity index is 2.37. The lowest BCUT2D eigenvalue weighted by molar-refractivity contribution is 0.131. The van der Waals surface area contributed by atoms with Gasteiger partial charge in [-0.1, -0.05) is 42.4 Å². The molecular weight excluding hydrogens is 428 g/mol. The minimum atomic E-state index is -0.577. The van der Waals surface area contributed by atoms with Gasteiger partial charge in [0.15, 0.2) is 17.1 Å². The van der Waals surface area contributed by atoms with E-state index in [1.165, 1.54) is 11.1 Å². The van der Waals surface area contributed by atoms with Crippen molar-refractivity contribution in [2.75, 3.05) is 13.2 Å². The Labute approximate surface area is 204 Å². The van der Waals surface area contributed by atoms with E-state index in [4.69, 9.17) is 18.6 Å². The number of rotatable bonds is 12. The van der Waals surface area contributed by atoms with Crippen LogP contribution in [-0.2, 0) is 0 Å². The molecule has 1 heterocycles. The van der Waals surface area contributed by atoms with Crippen molar-refractivity contribution in [3.05, 3.63) is 64.1 Å². The number of hydrogen-bond donors (Lipinski definition) is 0. The molecule has 0 aliphatic heterocycles. The molecule has 0 fully saturated rings. The molecule has 0 aliphatic carbocycles. The summed E-state index contributed by atoms with van der Waals surface area (Å²) in [7, 11) is 0. The molecule has 186 valence electrons. The minimum absolute atomic E-state index is 0.0910. The monoisotopic (exact) mass is 468 g/mol. The predicted octanol–water partition coefficient (Wildman–Crippen LogP) is 7.78. The number of benzene rings is 1. The Hall–Kier alpha value is -2.95. The minimum Gasteiger partial charge on any atom is -0.488 e. The highest BCUT2D eigenvalue weighted by atomic mass is 16.5. The fourth-order valence-corrected chi connectivity index (χ4v) is 3.30. The summed E-state index contributed by atoms with van der Waals surface area (Å²) in [5.74, 6) is 0.985. The van der Waals surface area contributed by atoms with Crippen molar-refractivity contribution in [2.45, 2.75) is 79.8 Å². The lowest BCUT2D eigenvalue weighted by Gasteiger charge is -2.22. The number of hydrogen-bond acceptors (Lipinski definition) is 5. The van der Waals surface area contributed by atoms with E-state index in [0.717, 1.165) is 25.7 Å². The van der Waals surface area contributed by atoms with Gasteiger partial charge in [-0.05, 0) is 85.4 Å². The standard InChI is InChI=1S/C29H40O5/c1-8-9-10-11-19-31-26-23-16-13-17-24(34-29(5,6)7)25(23)33-28(30)27(26)32-20-18-22(4)15-12-14-21(2)3/h9-10,13-14,16-18H,8,11-12,15,19-20H2,1-7H3/b10-9?,22-18+. The summed E-state index contributed by atoms with van der Waals surface area (Å²) in [6, 6.07) is 5.52. The van der Waals surface area contributed by atoms with E-state index in [1.807, 2.05) is 39.0 Å². The van der Waals surface area contributed by atoms with Crippen molar-refractivity contribution < 1.29 is 18.6 Å². The van der Waals surface area contributed by atoms with E-state index >= 15 is 0 Å². The topological polar surface area (TPSA) is 57.9 Å². The number of para-hydroxylation sites is 1. The highest BCUT2D eigenvalue weighted by Gasteiger charge is 2.22. The number of ether oxygens (including phenoxy) is 3. The maximum absolute atomic E-state index is 13.0. The van der Waals surface area contributed by atoms with E-state index in [0.29, 0.717) is 29.1 Å². The molecule has 1 aromatic heterocycles. The zero-order valence-electron chi connectivity index (χ0n) is 21.8. The van der Waals surface area contributed by atoms with Crippen LogP contribution in [0.4, 0.5) is 0 Å². The van der Waals surface area contributed by atoms with Crippen LogP contribution in [0.5, 0.6) is 17.2 Å². The molecule has 0 radical (unpaired) electrons. The molecule has 5 nitrogen and oxygen atoms in total. The fourth-order valence-electron chi connectivity index (χ4n) is 3.30. The average molecular weight is 469 g/mol. The molecule has 2 aromatic rings. The molecular formula is C29H40O5. The van der Waals surface area contributed by atoms with Gasteiger partial charge in [0.05, 0.1) is 12.0 Å². The van der Waals surface area contributed by atoms with Crippen molar-refractivity contribution in [1.29, 1.82) is 0 Å². The molecule has 0 aliphatic rings. The van der Waals surface area contributed by atoms with Crippen LogP contribution in [-0.4, -0.2) is 18.8 Å². The number of allylic oxidation sites excluding steroid dienone is 4. The van der Waals surface area contributed by atoms with Crippen LogP contribution in [0.15, 0.2) is 62.9 Å². The summed E-state index contributed by atoms with van der Waals surface area (Å²) >= 11 is 0. The van der Waals surface area contributed by atoms with E-state index in [1.54, 1.807) is 6.07 Å². The summed E-state index contributed by atoms with van der Waals surface area (Å²) in [6.45, 7) is 14.9. The molecule has 0 bridgehead atoms. The molecule has 0 amide bonds. The second-order valence-electron chi connectivity index (χ2n) is 9.59. The summed E-state index contributed by atoms with van der Waals surface area (Å²) in [5.41, 5.74) is 1.86. The van der Waals surface area contributed by atoms with E-state index in [-0.39, 0.29) is 12.4 Å². The first-order valence-electron chi connectivity index (χ1n) is 12.1. The summed E-state index contributed by atoms with van der Waals surface area (Å²) < 4.78 is 23.7. The van der Waals surface area contributed by atoms with E-state index in [9.17, 15) is 4.79 Å². The van der Waals surface area contributed by atoms with Crippen molar-refractivity contribution >= 4 is 11.0 Å². The highest BCUT2D eigenvalue weighted by molar-refractivity contribution is 5.90. The SMILES string of the molecule is CCC=CCCOc1c(OC/C=C(\C)CCC=C(C)C)c(=O)oc2c(OC(C)(C)C)cccc12. The maximum Gasteiger partial charge on any atom is 0.383 e. The Morgan fingerprint density at radius 3 is 2.44 bits per heavy atom. The Morgan fingerprint density at radius 1 is 1.00 bits per heavy atom. The zero-order chi connectivity index (χ0) is 25.1. The molecule has 0 N–H and O–H groups in total. The Bertz CT molecular complexity index is 1080. The van der Waals surface area contributed by atoms with Crippen LogP contribution in [0.3, 0.4) is 0 Å². The van der Waals surface area contributed by atoms with Gasteiger partial charge in [0.2, 0.25) is 5.75 Å². The van der Waals surface area contributed by atoms with Gasteiger partial charge >= 0.3 is 5.63 Å². The van der Waals surface area contributed by atoms with Crippen LogP contribution < -0.4 is 19.8 Å². The van der Waals surface area contributed by atoms with Gasteiger partial charge in [-0.15, -0.1) is 0 Å². The van der Waals surface area contributed by atoms with E-state index in [2.05, 4.69) is 45.9 Å². The van der Waals surface area contributed by atoms with Gasteiger partial charge in [0.1, 0.15) is 12.2 Å². The Kier molecular flexibility index (Phi) is 10.5. The fraction of sp³-hybridized carbons (Fsp3) is 0.483. The van der Waals surface area contributed by atoms with Crippen molar-refractivity contribution in [3.63, 3.8) is 0 Å². The second-order valence-corrected chi connectivity index (χ2v) is 9.59. The molecule has 0 saturated heterocycles. The molecule has 0 saturated carbocycles. The van der Waals surface area contributed by atoms with Gasteiger partial charge in [-0.3, -0.25) is 0 Å². The van der Waals surface area contributed by atoms with Crippen LogP contribution in [0, 0.1) is 0 Å². The third kappa shape index (κ3) is 8.77. The van der Waals surface area contributed by atoms with Crippen molar-refractivity contribution in [1.82, 2.24) is 0 Å². The summed E-state index contributed by atoms with van der Waals surface area (Å²) in [4.78, 5) is 13.0. The largest absolute Gasteiger partial charge is 0.488 e. The quantitative estimate of drug-likeness (QED) is 0.181. The molecule has 5 heteroatoms. The van der Waals surface area contributed by atoms with Crippen LogP contribution in [0.1, 0.15) is 74.1 Å². The van der Waals surface area contributed by atoms with Gasteiger partial charge in [0.25, 0.3) is 0 Å². The molecule has 34 heavy (non-hydrogen) atoms. The predicted molar refractivity (Wildman–Crippen MR) is 140 cm³/mol. The second kappa shape index (κ2) is 13.1. The third-order valence-electron chi connectivity index (χ3n) is 4.91. The molecule has 2 rings (SSSR count).